The van der Waals surface area contributed by atoms with Gasteiger partial charge in [-0.2, -0.15) is 0 Å². The van der Waals surface area contributed by atoms with Gasteiger partial charge < -0.3 is 56.8 Å². The molecule has 4 aliphatic heterocycles. The topological polar surface area (TPSA) is 200 Å². The van der Waals surface area contributed by atoms with Crippen LogP contribution >= 0.6 is 24.4 Å². The molecule has 0 radical (unpaired) electrons. The Morgan fingerprint density at radius 1 is 0.525 bits per heavy atom. The third kappa shape index (κ3) is 13.5. The number of hydrogen-bond donors (Lipinski definition) is 7. The maximum atomic E-state index is 14.8. The van der Waals surface area contributed by atoms with Gasteiger partial charge in [-0.3, -0.25) is 28.8 Å². The quantitative estimate of drug-likeness (QED) is 0.0603. The van der Waals surface area contributed by atoms with Crippen LogP contribution in [0.4, 0.5) is 11.4 Å². The number of hydrogen-bond acceptors (Lipinski definition) is 9. The lowest BCUT2D eigenvalue weighted by Gasteiger charge is -2.40. The average molecular weight is 1120 g/mol. The van der Waals surface area contributed by atoms with Crippen LogP contribution in [0, 0.1) is 0 Å². The van der Waals surface area contributed by atoms with Gasteiger partial charge in [0.05, 0.1) is 18.1 Å². The van der Waals surface area contributed by atoms with E-state index in [1.807, 2.05) is 155 Å². The Balaban J connectivity index is 0.844. The fourth-order valence-electron chi connectivity index (χ4n) is 11.4. The zero-order chi connectivity index (χ0) is 56.3. The van der Waals surface area contributed by atoms with Gasteiger partial charge in [-0.15, -0.1) is 0 Å². The number of amides is 6. The monoisotopic (exact) mass is 1120 g/mol. The third-order valence-corrected chi connectivity index (χ3v) is 16.6. The molecule has 0 aromatic heterocycles. The molecular weight excluding hydrogens is 1050 g/mol. The molecule has 0 bridgehead atoms. The Labute approximate surface area is 479 Å². The predicted molar refractivity (Wildman–Crippen MR) is 317 cm³/mol. The van der Waals surface area contributed by atoms with Crippen LogP contribution < -0.4 is 37.2 Å². The second-order valence-corrected chi connectivity index (χ2v) is 21.7. The molecule has 6 amide bonds. The predicted octanol–water partition coefficient (Wildman–Crippen LogP) is 6.01. The first kappa shape index (κ1) is 57.0. The smallest absolute Gasteiger partial charge is 0.247 e. The molecule has 1 unspecified atom stereocenters. The Kier molecular flexibility index (Phi) is 18.9. The first-order chi connectivity index (χ1) is 38.8. The summed E-state index contributed by atoms with van der Waals surface area (Å²) < 4.78 is 0. The molecule has 4 heterocycles. The van der Waals surface area contributed by atoms with Gasteiger partial charge in [-0.25, -0.2) is 0 Å². The number of nitrogens with zero attached hydrogens (tertiary/aromatic N) is 4. The fourth-order valence-corrected chi connectivity index (χ4v) is 12.0. The van der Waals surface area contributed by atoms with E-state index in [2.05, 4.69) is 37.2 Å². The lowest BCUT2D eigenvalue weighted by Crippen LogP contribution is -2.62. The highest BCUT2D eigenvalue weighted by atomic mass is 32.1. The van der Waals surface area contributed by atoms with Crippen LogP contribution in [0.1, 0.15) is 93.1 Å². The summed E-state index contributed by atoms with van der Waals surface area (Å²) in [5.74, 6) is -1.80. The zero-order valence-corrected chi connectivity index (χ0v) is 47.0. The van der Waals surface area contributed by atoms with Crippen molar-refractivity contribution in [1.29, 1.82) is 0 Å². The summed E-state index contributed by atoms with van der Waals surface area (Å²) in [4.78, 5) is 91.8. The van der Waals surface area contributed by atoms with Crippen LogP contribution in [0.3, 0.4) is 0 Å². The maximum Gasteiger partial charge on any atom is 0.247 e. The summed E-state index contributed by atoms with van der Waals surface area (Å²) in [6, 6.07) is 41.1. The summed E-state index contributed by atoms with van der Waals surface area (Å²) in [7, 11) is 1.68. The van der Waals surface area contributed by atoms with Crippen molar-refractivity contribution < 1.29 is 28.8 Å². The number of likely N-dealkylation sites (N-methyl/N-ethyl adjacent to an activating group) is 1. The van der Waals surface area contributed by atoms with Gasteiger partial charge in [0.25, 0.3) is 0 Å². The number of anilines is 2. The van der Waals surface area contributed by atoms with E-state index in [0.29, 0.717) is 73.2 Å². The van der Waals surface area contributed by atoms with E-state index in [-0.39, 0.29) is 67.0 Å². The Morgan fingerprint density at radius 2 is 0.887 bits per heavy atom. The van der Waals surface area contributed by atoms with E-state index >= 15 is 0 Å². The summed E-state index contributed by atoms with van der Waals surface area (Å²) in [5, 5.41) is 22.8. The van der Waals surface area contributed by atoms with E-state index in [1.165, 1.54) is 0 Å². The SMILES string of the molecule is CCC(=O)N[C@H]1CN(C(=S)Nc2ccc(NC(=S)N3CC[C@H]4CC[C@@H](C(=O)NC(c5ccccc5)c5ccccc5)N4C(=O)[C@@H](NC(=O)[C@H](C)NC)C3)cc2)CC[C@H]2CCC(C(=O)NC(c3ccccc3)c3ccccc3)N2C1=O. The minimum absolute atomic E-state index is 0.0719. The first-order valence-corrected chi connectivity index (χ1v) is 28.6. The highest BCUT2D eigenvalue weighted by molar-refractivity contribution is 7.80. The highest BCUT2D eigenvalue weighted by Crippen LogP contribution is 2.34. The van der Waals surface area contributed by atoms with Gasteiger partial charge in [-0.05, 0) is 123 Å². The molecule has 9 rings (SSSR count). The second-order valence-electron chi connectivity index (χ2n) is 21.0. The van der Waals surface area contributed by atoms with Crippen molar-refractivity contribution >= 4 is 81.5 Å². The average Bonchev–Trinajstić information content (AvgIpc) is 4.16. The number of carbonyl (C=O) groups excluding carboxylic acids is 6. The number of rotatable bonds is 15. The number of carbonyl (C=O) groups is 6. The van der Waals surface area contributed by atoms with Gasteiger partial charge in [0.1, 0.15) is 24.2 Å². The van der Waals surface area contributed by atoms with Gasteiger partial charge >= 0.3 is 0 Å². The Bertz CT molecular complexity index is 2920. The van der Waals surface area contributed by atoms with Gasteiger partial charge in [0.15, 0.2) is 10.2 Å². The minimum atomic E-state index is -1.01. The van der Waals surface area contributed by atoms with Crippen molar-refractivity contribution in [3.05, 3.63) is 168 Å². The lowest BCUT2D eigenvalue weighted by molar-refractivity contribution is -0.144. The van der Waals surface area contributed by atoms with Gasteiger partial charge in [-0.1, -0.05) is 128 Å². The molecule has 17 nitrogen and oxygen atoms in total. The molecule has 5 aromatic rings. The standard InChI is InChI=1S/C61H71N11O6S2/c1-4-52(73)65-48-37-69(35-33-46-29-31-50(71(46)58(48)77)56(75)67-53(40-17-9-5-10-18-40)41-19-11-6-12-20-41)60(79)63-44-25-27-45(28-26-44)64-61(80)70-36-34-47-30-32-51(72(47)59(78)49(38-70)66-55(74)39(2)62-3)57(76)68-54(42-21-13-7-14-22-42)43-23-15-8-16-24-43/h5-28,39,46-51,53-54,62H,4,29-38H2,1-3H3,(H,63,79)(H,64,80)(H,65,73)(H,66,74)(H,67,75)(H,68,76)/t39-,46+,47+,48-,49-,50?,51-/m0/s1. The molecule has 0 spiro atoms. The van der Waals surface area contributed by atoms with Gasteiger partial charge in [0.2, 0.25) is 35.4 Å². The van der Waals surface area contributed by atoms with Crippen molar-refractivity contribution in [3.63, 3.8) is 0 Å². The number of benzene rings is 5. The Hall–Kier alpha value is -7.74. The molecular formula is C61H71N11O6S2. The van der Waals surface area contributed by atoms with Crippen LogP contribution in [0.15, 0.2) is 146 Å². The Morgan fingerprint density at radius 3 is 1.24 bits per heavy atom. The molecule has 0 aliphatic carbocycles. The molecule has 418 valence electrons. The van der Waals surface area contributed by atoms with Crippen molar-refractivity contribution in [2.24, 2.45) is 0 Å². The van der Waals surface area contributed by atoms with E-state index in [0.717, 1.165) is 22.3 Å². The fraction of sp³-hybridized carbons (Fsp3) is 0.377. The van der Waals surface area contributed by atoms with Crippen molar-refractivity contribution in [2.45, 2.75) is 113 Å². The molecule has 4 aliphatic rings. The minimum Gasteiger partial charge on any atom is -0.346 e. The van der Waals surface area contributed by atoms with Crippen molar-refractivity contribution in [2.75, 3.05) is 43.9 Å². The summed E-state index contributed by atoms with van der Waals surface area (Å²) in [5.41, 5.74) is 5.05. The molecule has 7 atom stereocenters. The maximum absolute atomic E-state index is 14.8. The first-order valence-electron chi connectivity index (χ1n) is 27.7. The van der Waals surface area contributed by atoms with E-state index < -0.39 is 42.3 Å². The largest absolute Gasteiger partial charge is 0.346 e. The van der Waals surface area contributed by atoms with Crippen molar-refractivity contribution in [1.82, 2.24) is 46.2 Å². The molecule has 19 heteroatoms. The molecule has 4 saturated heterocycles. The molecule has 0 saturated carbocycles. The molecule has 4 fully saturated rings. The number of fused-ring (bicyclic) bond motifs is 2. The number of nitrogens with one attached hydrogen (secondary N) is 7. The summed E-state index contributed by atoms with van der Waals surface area (Å²) in [6.07, 6.45) is 3.46. The normalized spacial score (nSPS) is 21.5. The number of thiocarbonyl (C=S) groups is 2. The van der Waals surface area contributed by atoms with Crippen LogP contribution in [0.25, 0.3) is 0 Å². The van der Waals surface area contributed by atoms with Crippen LogP contribution in [0.2, 0.25) is 0 Å². The van der Waals surface area contributed by atoms with Crippen molar-refractivity contribution in [3.8, 4) is 0 Å². The van der Waals surface area contributed by atoms with Crippen LogP contribution in [0.5, 0.6) is 0 Å². The van der Waals surface area contributed by atoms with E-state index in [4.69, 9.17) is 24.4 Å². The summed E-state index contributed by atoms with van der Waals surface area (Å²) >= 11 is 12.0. The highest BCUT2D eigenvalue weighted by Gasteiger charge is 2.47. The molecule has 7 N–H and O–H groups in total. The molecule has 80 heavy (non-hydrogen) atoms. The second kappa shape index (κ2) is 26.5. The third-order valence-electron chi connectivity index (χ3n) is 15.9. The van der Waals surface area contributed by atoms with E-state index in [9.17, 15) is 28.8 Å². The lowest BCUT2D eigenvalue weighted by atomic mass is 9.98. The van der Waals surface area contributed by atoms with E-state index in [1.54, 1.807) is 30.7 Å². The molecule has 5 aromatic carbocycles. The summed E-state index contributed by atoms with van der Waals surface area (Å²) in [6.45, 7) is 4.55. The zero-order valence-electron chi connectivity index (χ0n) is 45.4. The van der Waals surface area contributed by atoms with Gasteiger partial charge in [0, 0.05) is 56.1 Å². The van der Waals surface area contributed by atoms with Crippen LogP contribution in [-0.2, 0) is 28.8 Å². The van der Waals surface area contributed by atoms with Crippen LogP contribution in [-0.4, -0.2) is 141 Å².